The summed E-state index contributed by atoms with van der Waals surface area (Å²) in [5.41, 5.74) is -0.140. The number of aromatic carboxylic acids is 1. The van der Waals surface area contributed by atoms with Crippen molar-refractivity contribution < 1.29 is 14.7 Å². The molecule has 7 heteroatoms. The van der Waals surface area contributed by atoms with E-state index in [1.165, 1.54) is 10.9 Å². The van der Waals surface area contributed by atoms with E-state index in [4.69, 9.17) is 11.5 Å². The third kappa shape index (κ3) is 3.11. The number of carbonyl (C=O) groups excluding carboxylic acids is 1. The molecule has 0 unspecified atom stereocenters. The maximum Gasteiger partial charge on any atom is 0.358 e. The predicted octanol–water partition coefficient (Wildman–Crippen LogP) is -1.27. The van der Waals surface area contributed by atoms with Gasteiger partial charge in [-0.05, 0) is 5.92 Å². The van der Waals surface area contributed by atoms with Gasteiger partial charge in [0.15, 0.2) is 5.69 Å². The normalized spacial score (nSPS) is 9.27. The number of nitrogens with one attached hydrogen (secondary N) is 1. The van der Waals surface area contributed by atoms with E-state index in [9.17, 15) is 9.59 Å². The average molecular weight is 208 g/mol. The zero-order valence-electron chi connectivity index (χ0n) is 7.67. The number of rotatable bonds is 4. The van der Waals surface area contributed by atoms with Crippen molar-refractivity contribution in [2.24, 2.45) is 0 Å². The molecule has 0 aromatic carbocycles. The summed E-state index contributed by atoms with van der Waals surface area (Å²) in [7, 11) is 0. The highest BCUT2D eigenvalue weighted by Gasteiger charge is 2.07. The molecule has 1 aromatic heterocycles. The van der Waals surface area contributed by atoms with Gasteiger partial charge in [0.2, 0.25) is 0 Å². The number of carboxylic acid groups (broad SMARTS) is 1. The summed E-state index contributed by atoms with van der Waals surface area (Å²) in [5.74, 6) is 0.221. The van der Waals surface area contributed by atoms with Gasteiger partial charge in [-0.2, -0.15) is 0 Å². The fourth-order valence-corrected chi connectivity index (χ4v) is 0.841. The number of hydrogen-bond acceptors (Lipinski definition) is 4. The van der Waals surface area contributed by atoms with E-state index < -0.39 is 11.9 Å². The number of carboxylic acids is 1. The van der Waals surface area contributed by atoms with E-state index in [0.717, 1.165) is 0 Å². The lowest BCUT2D eigenvalue weighted by Crippen LogP contribution is -2.25. The summed E-state index contributed by atoms with van der Waals surface area (Å²) in [4.78, 5) is 21.1. The van der Waals surface area contributed by atoms with Crippen molar-refractivity contribution in [3.8, 4) is 12.3 Å². The zero-order valence-corrected chi connectivity index (χ0v) is 7.67. The highest BCUT2D eigenvalue weighted by Crippen LogP contribution is 1.91. The van der Waals surface area contributed by atoms with E-state index in [1.54, 1.807) is 0 Å². The maximum absolute atomic E-state index is 10.6. The van der Waals surface area contributed by atoms with Gasteiger partial charge in [-0.3, -0.25) is 4.79 Å². The van der Waals surface area contributed by atoms with Gasteiger partial charge in [0.05, 0.1) is 12.7 Å². The second kappa shape index (κ2) is 4.76. The van der Waals surface area contributed by atoms with Gasteiger partial charge in [0.25, 0.3) is 5.91 Å². The Morgan fingerprint density at radius 3 is 2.93 bits per heavy atom. The molecule has 0 aliphatic heterocycles. The number of aromatic nitrogens is 3. The SMILES string of the molecule is C#CC(=O)NCCn1cc(C(=O)O)nn1. The third-order valence-electron chi connectivity index (χ3n) is 1.52. The molecule has 0 bridgehead atoms. The molecule has 0 aliphatic rings. The largest absolute Gasteiger partial charge is 0.476 e. The molecule has 2 N–H and O–H groups in total. The van der Waals surface area contributed by atoms with Crippen molar-refractivity contribution in [2.45, 2.75) is 6.54 Å². The van der Waals surface area contributed by atoms with Gasteiger partial charge < -0.3 is 10.4 Å². The van der Waals surface area contributed by atoms with Crippen molar-refractivity contribution in [1.82, 2.24) is 20.3 Å². The lowest BCUT2D eigenvalue weighted by atomic mass is 10.5. The fraction of sp³-hybridized carbons (Fsp3) is 0.250. The van der Waals surface area contributed by atoms with Crippen LogP contribution in [0, 0.1) is 12.3 Å². The molecule has 0 spiro atoms. The molecule has 0 radical (unpaired) electrons. The summed E-state index contributed by atoms with van der Waals surface area (Å²) in [6.45, 7) is 0.582. The molecule has 1 heterocycles. The first-order chi connectivity index (χ1) is 7.13. The van der Waals surface area contributed by atoms with Crippen molar-refractivity contribution in [2.75, 3.05) is 6.54 Å². The van der Waals surface area contributed by atoms with Gasteiger partial charge in [0.1, 0.15) is 0 Å². The molecular weight excluding hydrogens is 200 g/mol. The second-order valence-corrected chi connectivity index (χ2v) is 2.57. The summed E-state index contributed by atoms with van der Waals surface area (Å²) in [6, 6.07) is 0. The molecule has 78 valence electrons. The van der Waals surface area contributed by atoms with Crippen LogP contribution < -0.4 is 5.32 Å². The molecule has 7 nitrogen and oxygen atoms in total. The first-order valence-electron chi connectivity index (χ1n) is 4.01. The van der Waals surface area contributed by atoms with Gasteiger partial charge in [-0.15, -0.1) is 11.5 Å². The zero-order chi connectivity index (χ0) is 11.3. The molecule has 0 fully saturated rings. The van der Waals surface area contributed by atoms with E-state index >= 15 is 0 Å². The third-order valence-corrected chi connectivity index (χ3v) is 1.52. The topological polar surface area (TPSA) is 97.1 Å². The molecule has 1 amide bonds. The lowest BCUT2D eigenvalue weighted by molar-refractivity contribution is -0.115. The van der Waals surface area contributed by atoms with Gasteiger partial charge in [-0.25, -0.2) is 9.48 Å². The number of amides is 1. The van der Waals surface area contributed by atoms with Crippen LogP contribution in [0.15, 0.2) is 6.20 Å². The van der Waals surface area contributed by atoms with Crippen LogP contribution in [-0.4, -0.2) is 38.5 Å². The molecule has 0 saturated carbocycles. The molecule has 1 aromatic rings. The fourth-order valence-electron chi connectivity index (χ4n) is 0.841. The first-order valence-corrected chi connectivity index (χ1v) is 4.01. The number of hydrogen-bond donors (Lipinski definition) is 2. The van der Waals surface area contributed by atoms with Crippen molar-refractivity contribution in [3.63, 3.8) is 0 Å². The summed E-state index contributed by atoms with van der Waals surface area (Å²) >= 11 is 0. The summed E-state index contributed by atoms with van der Waals surface area (Å²) in [5, 5.41) is 17.9. The summed E-state index contributed by atoms with van der Waals surface area (Å²) < 4.78 is 1.31. The average Bonchev–Trinajstić information content (AvgIpc) is 2.66. The summed E-state index contributed by atoms with van der Waals surface area (Å²) in [6.07, 6.45) is 6.09. The molecule has 0 saturated heterocycles. The number of terminal acetylenes is 1. The maximum atomic E-state index is 10.6. The van der Waals surface area contributed by atoms with Crippen LogP contribution in [0.5, 0.6) is 0 Å². The lowest BCUT2D eigenvalue weighted by Gasteiger charge is -1.99. The Kier molecular flexibility index (Phi) is 3.40. The van der Waals surface area contributed by atoms with Gasteiger partial charge >= 0.3 is 5.97 Å². The first kappa shape index (κ1) is 10.7. The molecular formula is C8H8N4O3. The van der Waals surface area contributed by atoms with E-state index in [-0.39, 0.29) is 12.2 Å². The van der Waals surface area contributed by atoms with Crippen LogP contribution >= 0.6 is 0 Å². The van der Waals surface area contributed by atoms with Gasteiger partial charge in [-0.1, -0.05) is 5.21 Å². The highest BCUT2D eigenvalue weighted by atomic mass is 16.4. The standard InChI is InChI=1S/C8H8N4O3/c1-2-7(13)9-3-4-12-5-6(8(14)15)10-11-12/h1,5H,3-4H2,(H,9,13)(H,14,15). The minimum Gasteiger partial charge on any atom is -0.476 e. The van der Waals surface area contributed by atoms with Crippen LogP contribution in [-0.2, 0) is 11.3 Å². The highest BCUT2D eigenvalue weighted by molar-refractivity contribution is 5.92. The number of carbonyl (C=O) groups is 2. The van der Waals surface area contributed by atoms with E-state index in [2.05, 4.69) is 15.6 Å². The predicted molar refractivity (Wildman–Crippen MR) is 48.8 cm³/mol. The molecule has 15 heavy (non-hydrogen) atoms. The van der Waals surface area contributed by atoms with Crippen LogP contribution in [0.1, 0.15) is 10.5 Å². The Hall–Kier alpha value is -2.36. The molecule has 1 rings (SSSR count). The van der Waals surface area contributed by atoms with E-state index in [0.29, 0.717) is 6.54 Å². The van der Waals surface area contributed by atoms with Crippen molar-refractivity contribution >= 4 is 11.9 Å². The van der Waals surface area contributed by atoms with Crippen LogP contribution in [0.2, 0.25) is 0 Å². The van der Waals surface area contributed by atoms with Gasteiger partial charge in [0, 0.05) is 6.54 Å². The molecule has 0 aliphatic carbocycles. The minimum atomic E-state index is -1.14. The quantitative estimate of drug-likeness (QED) is 0.601. The minimum absolute atomic E-state index is 0.140. The van der Waals surface area contributed by atoms with Crippen LogP contribution in [0.25, 0.3) is 0 Å². The Bertz CT molecular complexity index is 418. The molecule has 0 atom stereocenters. The van der Waals surface area contributed by atoms with Crippen LogP contribution in [0.3, 0.4) is 0 Å². The van der Waals surface area contributed by atoms with Crippen molar-refractivity contribution in [3.05, 3.63) is 11.9 Å². The van der Waals surface area contributed by atoms with E-state index in [1.807, 2.05) is 5.92 Å². The Morgan fingerprint density at radius 1 is 1.67 bits per heavy atom. The van der Waals surface area contributed by atoms with Crippen molar-refractivity contribution in [1.29, 1.82) is 0 Å². The van der Waals surface area contributed by atoms with Crippen LogP contribution in [0.4, 0.5) is 0 Å². The monoisotopic (exact) mass is 208 g/mol. The Morgan fingerprint density at radius 2 is 2.40 bits per heavy atom. The number of nitrogens with zero attached hydrogens (tertiary/aromatic N) is 3. The second-order valence-electron chi connectivity index (χ2n) is 2.57. The smallest absolute Gasteiger partial charge is 0.358 e. The Balaban J connectivity index is 2.42. The Labute approximate surface area is 85.1 Å².